The molecular formula is C25H31N5O4. The van der Waals surface area contributed by atoms with E-state index in [9.17, 15) is 9.59 Å². The van der Waals surface area contributed by atoms with Crippen molar-refractivity contribution in [3.05, 3.63) is 53.9 Å². The van der Waals surface area contributed by atoms with Crippen LogP contribution in [0.2, 0.25) is 0 Å². The van der Waals surface area contributed by atoms with Crippen molar-refractivity contribution in [1.82, 2.24) is 19.4 Å². The number of fused-ring (bicyclic) bond motifs is 1. The number of piperazine rings is 1. The summed E-state index contributed by atoms with van der Waals surface area (Å²) in [7, 11) is 1.99. The number of anilines is 1. The summed E-state index contributed by atoms with van der Waals surface area (Å²) in [6, 6.07) is 13.3. The normalized spacial score (nSPS) is 14.3. The molecule has 1 aliphatic heterocycles. The van der Waals surface area contributed by atoms with E-state index >= 15 is 0 Å². The van der Waals surface area contributed by atoms with Gasteiger partial charge in [0.25, 0.3) is 5.91 Å². The Bertz CT molecular complexity index is 1170. The minimum atomic E-state index is -0.247. The number of nitrogens with zero attached hydrogens (tertiary/aromatic N) is 4. The molecule has 1 N–H and O–H groups in total. The molecule has 0 radical (unpaired) electrons. The summed E-state index contributed by atoms with van der Waals surface area (Å²) in [6.45, 7) is 7.60. The molecule has 9 heteroatoms. The minimum absolute atomic E-state index is 0.0614. The van der Waals surface area contributed by atoms with E-state index in [0.717, 1.165) is 35.5 Å². The molecule has 34 heavy (non-hydrogen) atoms. The molecule has 4 rings (SSSR count). The Hall–Kier alpha value is -3.59. The lowest BCUT2D eigenvalue weighted by atomic mass is 10.2. The number of benzene rings is 2. The van der Waals surface area contributed by atoms with E-state index < -0.39 is 0 Å². The highest BCUT2D eigenvalue weighted by molar-refractivity contribution is 5.94. The third-order valence-electron chi connectivity index (χ3n) is 5.97. The van der Waals surface area contributed by atoms with Gasteiger partial charge >= 0.3 is 6.09 Å². The lowest BCUT2D eigenvalue weighted by molar-refractivity contribution is -0.118. The molecule has 1 aliphatic rings. The maximum absolute atomic E-state index is 12.4. The van der Waals surface area contributed by atoms with Gasteiger partial charge in [0, 0.05) is 38.9 Å². The summed E-state index contributed by atoms with van der Waals surface area (Å²) >= 11 is 0. The molecule has 0 unspecified atom stereocenters. The van der Waals surface area contributed by atoms with Crippen LogP contribution in [-0.2, 0) is 23.1 Å². The number of hydrogen-bond donors (Lipinski definition) is 1. The fourth-order valence-corrected chi connectivity index (χ4v) is 4.03. The van der Waals surface area contributed by atoms with E-state index in [1.165, 1.54) is 0 Å². The van der Waals surface area contributed by atoms with E-state index in [-0.39, 0.29) is 18.6 Å². The molecule has 0 spiro atoms. The Morgan fingerprint density at radius 1 is 1.09 bits per heavy atom. The average molecular weight is 466 g/mol. The number of carbonyl (C=O) groups excluding carboxylic acids is 2. The topological polar surface area (TPSA) is 88.9 Å². The Labute approximate surface area is 199 Å². The molecule has 0 atom stereocenters. The van der Waals surface area contributed by atoms with E-state index in [1.54, 1.807) is 4.90 Å². The van der Waals surface area contributed by atoms with Crippen molar-refractivity contribution in [2.75, 3.05) is 44.7 Å². The molecule has 1 aromatic heterocycles. The van der Waals surface area contributed by atoms with Gasteiger partial charge in [0.1, 0.15) is 11.6 Å². The van der Waals surface area contributed by atoms with Gasteiger partial charge in [0.05, 0.1) is 24.2 Å². The number of hydrogen-bond acceptors (Lipinski definition) is 6. The minimum Gasteiger partial charge on any atom is -0.483 e. The molecule has 9 nitrogen and oxygen atoms in total. The highest BCUT2D eigenvalue weighted by atomic mass is 16.6. The van der Waals surface area contributed by atoms with Crippen molar-refractivity contribution < 1.29 is 19.1 Å². The monoisotopic (exact) mass is 465 g/mol. The van der Waals surface area contributed by atoms with E-state index in [0.29, 0.717) is 37.7 Å². The maximum atomic E-state index is 12.4. The zero-order valence-electron chi connectivity index (χ0n) is 19.9. The predicted molar refractivity (Wildman–Crippen MR) is 130 cm³/mol. The fourth-order valence-electron chi connectivity index (χ4n) is 4.03. The third kappa shape index (κ3) is 5.48. The first kappa shape index (κ1) is 23.6. The Balaban J connectivity index is 1.35. The first-order valence-electron chi connectivity index (χ1n) is 11.5. The molecule has 0 aliphatic carbocycles. The quantitative estimate of drug-likeness (QED) is 0.577. The second-order valence-electron chi connectivity index (χ2n) is 8.36. The highest BCUT2D eigenvalue weighted by Gasteiger charge is 2.23. The number of amides is 2. The summed E-state index contributed by atoms with van der Waals surface area (Å²) in [5.74, 6) is 1.41. The van der Waals surface area contributed by atoms with Gasteiger partial charge < -0.3 is 24.3 Å². The highest BCUT2D eigenvalue weighted by Crippen LogP contribution is 2.21. The molecular weight excluding hydrogens is 434 g/mol. The van der Waals surface area contributed by atoms with Crippen molar-refractivity contribution in [2.45, 2.75) is 20.4 Å². The molecule has 180 valence electrons. The van der Waals surface area contributed by atoms with E-state index in [2.05, 4.69) is 14.8 Å². The SMILES string of the molecule is CCOC(=O)N1CCN(Cc2nc3cc(NC(=O)COc4ccccc4C)ccc3n2C)CC1. The summed E-state index contributed by atoms with van der Waals surface area (Å²) < 4.78 is 12.8. The van der Waals surface area contributed by atoms with E-state index in [1.807, 2.05) is 63.4 Å². The van der Waals surface area contributed by atoms with Crippen LogP contribution in [0.1, 0.15) is 18.3 Å². The predicted octanol–water partition coefficient (Wildman–Crippen LogP) is 3.17. The Kier molecular flexibility index (Phi) is 7.32. The Morgan fingerprint density at radius 3 is 2.59 bits per heavy atom. The van der Waals surface area contributed by atoms with Crippen LogP contribution in [0.15, 0.2) is 42.5 Å². The number of rotatable bonds is 7. The maximum Gasteiger partial charge on any atom is 0.409 e. The van der Waals surface area contributed by atoms with Crippen molar-refractivity contribution in [3.8, 4) is 5.75 Å². The van der Waals surface area contributed by atoms with Gasteiger partial charge in [-0.2, -0.15) is 0 Å². The lowest BCUT2D eigenvalue weighted by Crippen LogP contribution is -2.48. The van der Waals surface area contributed by atoms with Crippen LogP contribution in [0, 0.1) is 6.92 Å². The molecule has 3 aromatic rings. The van der Waals surface area contributed by atoms with Crippen LogP contribution >= 0.6 is 0 Å². The lowest BCUT2D eigenvalue weighted by Gasteiger charge is -2.33. The summed E-state index contributed by atoms with van der Waals surface area (Å²) in [4.78, 5) is 33.1. The summed E-state index contributed by atoms with van der Waals surface area (Å²) in [5, 5.41) is 2.89. The van der Waals surface area contributed by atoms with Crippen molar-refractivity contribution in [3.63, 3.8) is 0 Å². The molecule has 2 aromatic carbocycles. The zero-order chi connectivity index (χ0) is 24.1. The van der Waals surface area contributed by atoms with Crippen molar-refractivity contribution in [2.24, 2.45) is 7.05 Å². The number of imidazole rings is 1. The molecule has 2 amide bonds. The van der Waals surface area contributed by atoms with Crippen LogP contribution in [0.25, 0.3) is 11.0 Å². The number of para-hydroxylation sites is 1. The van der Waals surface area contributed by atoms with Crippen LogP contribution in [0.3, 0.4) is 0 Å². The third-order valence-corrected chi connectivity index (χ3v) is 5.97. The fraction of sp³-hybridized carbons (Fsp3) is 0.400. The summed E-state index contributed by atoms with van der Waals surface area (Å²) in [5.41, 5.74) is 3.48. The molecule has 1 saturated heterocycles. The molecule has 1 fully saturated rings. The summed E-state index contributed by atoms with van der Waals surface area (Å²) in [6.07, 6.45) is -0.247. The number of aromatic nitrogens is 2. The second-order valence-corrected chi connectivity index (χ2v) is 8.36. The van der Waals surface area contributed by atoms with Gasteiger partial charge in [-0.1, -0.05) is 18.2 Å². The molecule has 2 heterocycles. The zero-order valence-corrected chi connectivity index (χ0v) is 19.9. The van der Waals surface area contributed by atoms with Crippen molar-refractivity contribution >= 4 is 28.7 Å². The molecule has 0 bridgehead atoms. The first-order chi connectivity index (χ1) is 16.4. The van der Waals surface area contributed by atoms with Gasteiger partial charge in [0.15, 0.2) is 6.61 Å². The van der Waals surface area contributed by atoms with Crippen LogP contribution < -0.4 is 10.1 Å². The van der Waals surface area contributed by atoms with Gasteiger partial charge in [-0.25, -0.2) is 9.78 Å². The number of carbonyl (C=O) groups is 2. The van der Waals surface area contributed by atoms with Crippen LogP contribution in [0.5, 0.6) is 5.75 Å². The van der Waals surface area contributed by atoms with Gasteiger partial charge in [-0.15, -0.1) is 0 Å². The van der Waals surface area contributed by atoms with E-state index in [4.69, 9.17) is 14.5 Å². The van der Waals surface area contributed by atoms with Crippen LogP contribution in [0.4, 0.5) is 10.5 Å². The molecule has 0 saturated carbocycles. The van der Waals surface area contributed by atoms with Gasteiger partial charge in [-0.3, -0.25) is 9.69 Å². The van der Waals surface area contributed by atoms with Gasteiger partial charge in [-0.05, 0) is 43.7 Å². The number of nitrogens with one attached hydrogen (secondary N) is 1. The first-order valence-corrected chi connectivity index (χ1v) is 11.5. The number of aryl methyl sites for hydroxylation is 2. The second kappa shape index (κ2) is 10.6. The smallest absolute Gasteiger partial charge is 0.409 e. The van der Waals surface area contributed by atoms with Gasteiger partial charge in [0.2, 0.25) is 0 Å². The largest absolute Gasteiger partial charge is 0.483 e. The van der Waals surface area contributed by atoms with Crippen molar-refractivity contribution in [1.29, 1.82) is 0 Å². The Morgan fingerprint density at radius 2 is 1.85 bits per heavy atom. The van der Waals surface area contributed by atoms with Crippen LogP contribution in [-0.4, -0.2) is 70.7 Å². The standard InChI is InChI=1S/C25H31N5O4/c1-4-33-25(32)30-13-11-29(12-14-30)16-23-27-20-15-19(9-10-21(20)28(23)3)26-24(31)17-34-22-8-6-5-7-18(22)2/h5-10,15H,4,11-14,16-17H2,1-3H3,(H,26,31). The number of ether oxygens (including phenoxy) is 2. The average Bonchev–Trinajstić information content (AvgIpc) is 3.13.